The van der Waals surface area contributed by atoms with E-state index >= 15 is 0 Å². The molecule has 0 aliphatic rings. The number of benzene rings is 3. The molecular formula is C28H22N4O8. The summed E-state index contributed by atoms with van der Waals surface area (Å²) in [6.45, 7) is 3.03. The predicted molar refractivity (Wildman–Crippen MR) is 146 cm³/mol. The zero-order valence-corrected chi connectivity index (χ0v) is 21.3. The number of carboxylic acid groups (broad SMARTS) is 1. The number of nitro groups is 1. The quantitative estimate of drug-likeness (QED) is 0.156. The van der Waals surface area contributed by atoms with Crippen LogP contribution in [0.1, 0.15) is 19.4 Å². The molecule has 0 fully saturated rings. The van der Waals surface area contributed by atoms with Crippen LogP contribution < -0.4 is 15.0 Å². The van der Waals surface area contributed by atoms with Gasteiger partial charge in [0.2, 0.25) is 11.6 Å². The fourth-order valence-electron chi connectivity index (χ4n) is 4.03. The lowest BCUT2D eigenvalue weighted by molar-refractivity contribution is -0.386. The molecule has 202 valence electrons. The molecule has 2 heterocycles. The minimum absolute atomic E-state index is 0.0484. The number of nitro benzene ring substituents is 1. The standard InChI is InChI=1S/C28H22N4O8/c1-3-38-23-13-17(12-21(32(36)37)25(23)39-16(2)28(34)35)15-29-31-26(24-14-18-8-4-7-11-22(18)40-24)30-20-10-6-5-9-19(20)27(31)33/h4-16H,3H2,1-2H3,(H,34,35)/t16-/m0/s1. The topological polar surface area (TPSA) is 159 Å². The fraction of sp³-hybridized carbons (Fsp3) is 0.143. The molecule has 1 N–H and O–H groups in total. The van der Waals surface area contributed by atoms with Gasteiger partial charge in [0.25, 0.3) is 5.56 Å². The minimum atomic E-state index is -1.37. The molecule has 0 aliphatic carbocycles. The Morgan fingerprint density at radius 2 is 1.95 bits per heavy atom. The van der Waals surface area contributed by atoms with E-state index in [9.17, 15) is 24.8 Å². The first kappa shape index (κ1) is 26.1. The largest absolute Gasteiger partial charge is 0.490 e. The van der Waals surface area contributed by atoms with Crippen molar-refractivity contribution in [2.45, 2.75) is 20.0 Å². The van der Waals surface area contributed by atoms with Crippen molar-refractivity contribution in [3.05, 3.63) is 92.8 Å². The summed E-state index contributed by atoms with van der Waals surface area (Å²) in [5.74, 6) is -1.25. The van der Waals surface area contributed by atoms with Crippen molar-refractivity contribution in [3.63, 3.8) is 0 Å². The highest BCUT2D eigenvalue weighted by molar-refractivity contribution is 5.86. The van der Waals surface area contributed by atoms with E-state index in [1.807, 2.05) is 18.2 Å². The Balaban J connectivity index is 1.67. The highest BCUT2D eigenvalue weighted by Crippen LogP contribution is 2.39. The van der Waals surface area contributed by atoms with Crippen LogP contribution >= 0.6 is 0 Å². The summed E-state index contributed by atoms with van der Waals surface area (Å²) >= 11 is 0. The SMILES string of the molecule is CCOc1cc(C=Nn2c(-c3cc4ccccc4o3)nc3ccccc3c2=O)cc([N+](=O)[O-])c1O[C@@H](C)C(=O)O. The zero-order chi connectivity index (χ0) is 28.4. The van der Waals surface area contributed by atoms with Crippen LogP contribution in [0.3, 0.4) is 0 Å². The molecule has 0 bridgehead atoms. The summed E-state index contributed by atoms with van der Waals surface area (Å²) in [6, 6.07) is 18.4. The zero-order valence-electron chi connectivity index (χ0n) is 21.3. The molecule has 0 aliphatic heterocycles. The Hall–Kier alpha value is -5.52. The third-order valence-electron chi connectivity index (χ3n) is 5.92. The van der Waals surface area contributed by atoms with Crippen molar-refractivity contribution in [3.8, 4) is 23.1 Å². The summed E-state index contributed by atoms with van der Waals surface area (Å²) in [6.07, 6.45) is -0.129. The van der Waals surface area contributed by atoms with Crippen LogP contribution in [0.25, 0.3) is 33.5 Å². The van der Waals surface area contributed by atoms with E-state index in [1.54, 1.807) is 43.3 Å². The van der Waals surface area contributed by atoms with E-state index in [0.29, 0.717) is 22.2 Å². The van der Waals surface area contributed by atoms with Gasteiger partial charge in [-0.2, -0.15) is 9.78 Å². The number of aliphatic carboxylic acids is 1. The number of hydrogen-bond donors (Lipinski definition) is 1. The molecule has 0 amide bonds. The van der Waals surface area contributed by atoms with Crippen LogP contribution in [0.15, 0.2) is 81.0 Å². The summed E-state index contributed by atoms with van der Waals surface area (Å²) in [4.78, 5) is 40.6. The molecule has 0 saturated carbocycles. The summed E-state index contributed by atoms with van der Waals surface area (Å²) < 4.78 is 17.9. The van der Waals surface area contributed by atoms with E-state index < -0.39 is 28.2 Å². The first-order valence-electron chi connectivity index (χ1n) is 12.2. The number of carbonyl (C=O) groups is 1. The Bertz CT molecular complexity index is 1820. The van der Waals surface area contributed by atoms with Crippen molar-refractivity contribution in [1.29, 1.82) is 0 Å². The van der Waals surface area contributed by atoms with E-state index in [0.717, 1.165) is 16.1 Å². The number of carboxylic acids is 1. The van der Waals surface area contributed by atoms with E-state index in [1.165, 1.54) is 19.2 Å². The number of nitrogens with zero attached hydrogens (tertiary/aromatic N) is 4. The van der Waals surface area contributed by atoms with Gasteiger partial charge in [-0.1, -0.05) is 30.3 Å². The molecule has 12 nitrogen and oxygen atoms in total. The molecule has 40 heavy (non-hydrogen) atoms. The number of furan rings is 1. The van der Waals surface area contributed by atoms with Crippen LogP contribution in [0.4, 0.5) is 5.69 Å². The van der Waals surface area contributed by atoms with Crippen LogP contribution in [0.5, 0.6) is 11.5 Å². The molecule has 12 heteroatoms. The number of rotatable bonds is 9. The summed E-state index contributed by atoms with van der Waals surface area (Å²) in [7, 11) is 0. The van der Waals surface area contributed by atoms with Crippen LogP contribution in [0, 0.1) is 10.1 Å². The normalized spacial score (nSPS) is 12.2. The smallest absolute Gasteiger partial charge is 0.344 e. The second-order valence-corrected chi connectivity index (χ2v) is 8.62. The first-order valence-corrected chi connectivity index (χ1v) is 12.2. The van der Waals surface area contributed by atoms with Gasteiger partial charge >= 0.3 is 11.7 Å². The monoisotopic (exact) mass is 542 g/mol. The predicted octanol–water partition coefficient (Wildman–Crippen LogP) is 4.85. The van der Waals surface area contributed by atoms with Gasteiger partial charge in [0, 0.05) is 17.0 Å². The van der Waals surface area contributed by atoms with Gasteiger partial charge in [-0.3, -0.25) is 14.9 Å². The number of aromatic nitrogens is 2. The average Bonchev–Trinajstić information content (AvgIpc) is 3.37. The Morgan fingerprint density at radius 3 is 2.67 bits per heavy atom. The third kappa shape index (κ3) is 4.97. The van der Waals surface area contributed by atoms with Crippen molar-refractivity contribution in [2.75, 3.05) is 6.61 Å². The maximum atomic E-state index is 13.5. The molecule has 5 rings (SSSR count). The molecule has 3 aromatic carbocycles. The van der Waals surface area contributed by atoms with E-state index in [2.05, 4.69) is 10.1 Å². The second-order valence-electron chi connectivity index (χ2n) is 8.62. The van der Waals surface area contributed by atoms with E-state index in [4.69, 9.17) is 13.9 Å². The van der Waals surface area contributed by atoms with Gasteiger partial charge < -0.3 is 19.0 Å². The van der Waals surface area contributed by atoms with Crippen molar-refractivity contribution in [2.24, 2.45) is 5.10 Å². The van der Waals surface area contributed by atoms with Crippen LogP contribution in [-0.4, -0.2) is 44.6 Å². The van der Waals surface area contributed by atoms with Crippen LogP contribution in [0.2, 0.25) is 0 Å². The molecule has 2 aromatic heterocycles. The maximum absolute atomic E-state index is 13.5. The summed E-state index contributed by atoms with van der Waals surface area (Å²) in [5.41, 5.74) is 0.228. The minimum Gasteiger partial charge on any atom is -0.490 e. The molecule has 0 unspecified atom stereocenters. The lowest BCUT2D eigenvalue weighted by Gasteiger charge is -2.15. The Labute approximate surface area is 225 Å². The van der Waals surface area contributed by atoms with Gasteiger partial charge in [-0.15, -0.1) is 0 Å². The molecule has 0 radical (unpaired) electrons. The second kappa shape index (κ2) is 10.7. The van der Waals surface area contributed by atoms with Gasteiger partial charge in [0.15, 0.2) is 17.6 Å². The Kier molecular flexibility index (Phi) is 6.98. The fourth-order valence-corrected chi connectivity index (χ4v) is 4.03. The number of para-hydroxylation sites is 2. The molecular weight excluding hydrogens is 520 g/mol. The number of hydrogen-bond acceptors (Lipinski definition) is 9. The number of fused-ring (bicyclic) bond motifs is 2. The van der Waals surface area contributed by atoms with Gasteiger partial charge in [-0.05, 0) is 44.2 Å². The lowest BCUT2D eigenvalue weighted by Crippen LogP contribution is -2.23. The highest BCUT2D eigenvalue weighted by Gasteiger charge is 2.26. The van der Waals surface area contributed by atoms with Crippen LogP contribution in [-0.2, 0) is 4.79 Å². The molecule has 0 saturated heterocycles. The lowest BCUT2D eigenvalue weighted by atomic mass is 10.1. The first-order chi connectivity index (χ1) is 19.3. The highest BCUT2D eigenvalue weighted by atomic mass is 16.6. The van der Waals surface area contributed by atoms with Gasteiger partial charge in [0.05, 0.1) is 28.6 Å². The number of ether oxygens (including phenoxy) is 2. The molecule has 1 atom stereocenters. The molecule has 5 aromatic rings. The van der Waals surface area contributed by atoms with Gasteiger partial charge in [-0.25, -0.2) is 9.78 Å². The average molecular weight is 543 g/mol. The van der Waals surface area contributed by atoms with Crippen molar-refractivity contribution >= 4 is 39.7 Å². The van der Waals surface area contributed by atoms with E-state index in [-0.39, 0.29) is 29.5 Å². The van der Waals surface area contributed by atoms with Crippen molar-refractivity contribution in [1.82, 2.24) is 9.66 Å². The summed E-state index contributed by atoms with van der Waals surface area (Å²) in [5, 5.41) is 26.6. The third-order valence-corrected chi connectivity index (χ3v) is 5.92. The maximum Gasteiger partial charge on any atom is 0.344 e. The van der Waals surface area contributed by atoms with Crippen molar-refractivity contribution < 1.29 is 28.7 Å². The van der Waals surface area contributed by atoms with Gasteiger partial charge in [0.1, 0.15) is 5.58 Å². The molecule has 0 spiro atoms. The Morgan fingerprint density at radius 1 is 1.20 bits per heavy atom.